The van der Waals surface area contributed by atoms with Crippen LogP contribution in [0.4, 0.5) is 10.1 Å². The number of hydrogen-bond acceptors (Lipinski definition) is 4. The molecule has 1 spiro atoms. The van der Waals surface area contributed by atoms with E-state index in [2.05, 4.69) is 17.0 Å². The van der Waals surface area contributed by atoms with Crippen LogP contribution in [-0.2, 0) is 6.54 Å². The number of halogens is 1. The molecule has 0 atom stereocenters. The first-order valence-corrected chi connectivity index (χ1v) is 12.4. The Morgan fingerprint density at radius 2 is 1.63 bits per heavy atom. The zero-order valence-corrected chi connectivity index (χ0v) is 20.1. The van der Waals surface area contributed by atoms with Crippen LogP contribution < -0.4 is 14.4 Å². The van der Waals surface area contributed by atoms with Crippen molar-refractivity contribution in [3.63, 3.8) is 0 Å². The fraction of sp³-hybridized carbons (Fsp3) is 0.345. The summed E-state index contributed by atoms with van der Waals surface area (Å²) in [5.41, 5.74) is 2.00. The molecule has 35 heavy (non-hydrogen) atoms. The number of rotatable bonds is 5. The zero-order chi connectivity index (χ0) is 24.3. The highest BCUT2D eigenvalue weighted by atomic mass is 19.1. The molecule has 0 radical (unpaired) electrons. The highest BCUT2D eigenvalue weighted by Crippen LogP contribution is 2.41. The molecule has 0 bridgehead atoms. The number of carbonyl (C=O) groups is 1. The molecule has 0 unspecified atom stereocenters. The Morgan fingerprint density at radius 3 is 2.43 bits per heavy atom. The van der Waals surface area contributed by atoms with Crippen molar-refractivity contribution in [3.05, 3.63) is 89.7 Å². The van der Waals surface area contributed by atoms with Crippen molar-refractivity contribution in [2.45, 2.75) is 38.3 Å². The van der Waals surface area contributed by atoms with Gasteiger partial charge in [-0.3, -0.25) is 4.79 Å². The number of likely N-dealkylation sites (tertiary alicyclic amines) is 1. The van der Waals surface area contributed by atoms with Crippen LogP contribution in [0.1, 0.15) is 42.1 Å². The van der Waals surface area contributed by atoms with Crippen molar-refractivity contribution in [3.8, 4) is 11.5 Å². The van der Waals surface area contributed by atoms with E-state index < -0.39 is 5.82 Å². The van der Waals surface area contributed by atoms with E-state index in [9.17, 15) is 9.18 Å². The number of amides is 1. The van der Waals surface area contributed by atoms with Gasteiger partial charge in [-0.25, -0.2) is 4.39 Å². The van der Waals surface area contributed by atoms with Crippen LogP contribution >= 0.6 is 0 Å². The van der Waals surface area contributed by atoms with E-state index in [1.165, 1.54) is 6.07 Å². The van der Waals surface area contributed by atoms with Gasteiger partial charge in [0.2, 0.25) is 0 Å². The summed E-state index contributed by atoms with van der Waals surface area (Å²) in [7, 11) is 0. The maximum Gasteiger partial charge on any atom is 0.256 e. The number of ether oxygens (including phenoxy) is 2. The molecule has 1 saturated heterocycles. The van der Waals surface area contributed by atoms with Crippen molar-refractivity contribution in [2.75, 3.05) is 31.1 Å². The van der Waals surface area contributed by atoms with E-state index in [4.69, 9.17) is 9.47 Å². The van der Waals surface area contributed by atoms with Gasteiger partial charge in [-0.2, -0.15) is 0 Å². The lowest BCUT2D eigenvalue weighted by atomic mass is 9.87. The van der Waals surface area contributed by atoms with Gasteiger partial charge >= 0.3 is 0 Å². The predicted octanol–water partition coefficient (Wildman–Crippen LogP) is 5.69. The lowest BCUT2D eigenvalue weighted by Crippen LogP contribution is -2.50. The van der Waals surface area contributed by atoms with E-state index in [1.807, 2.05) is 43.3 Å². The minimum atomic E-state index is -0.472. The third-order valence-electron chi connectivity index (χ3n) is 7.07. The topological polar surface area (TPSA) is 42.0 Å². The standard InChI is InChI=1S/C29H31FN2O3/c1-2-34-26-13-7-3-9-22(26)21-32-20-17-29(35-27-14-8-6-12-25(27)32)15-18-31(19-16-29)28(33)23-10-4-5-11-24(23)30/h3-14H,2,15-21H2,1H3. The van der Waals surface area contributed by atoms with Crippen LogP contribution in [0.25, 0.3) is 0 Å². The van der Waals surface area contributed by atoms with Crippen LogP contribution in [0.15, 0.2) is 72.8 Å². The summed E-state index contributed by atoms with van der Waals surface area (Å²) in [5.74, 6) is 1.06. The minimum absolute atomic E-state index is 0.134. The molecular weight excluding hydrogens is 443 g/mol. The maximum atomic E-state index is 14.2. The Balaban J connectivity index is 1.33. The smallest absolute Gasteiger partial charge is 0.256 e. The van der Waals surface area contributed by atoms with Crippen molar-refractivity contribution in [2.24, 2.45) is 0 Å². The van der Waals surface area contributed by atoms with E-state index in [0.717, 1.165) is 42.3 Å². The van der Waals surface area contributed by atoms with Gasteiger partial charge in [-0.05, 0) is 37.3 Å². The normalized spacial score (nSPS) is 16.9. The average molecular weight is 475 g/mol. The lowest BCUT2D eigenvalue weighted by molar-refractivity contribution is 0.00226. The molecule has 0 saturated carbocycles. The molecule has 182 valence electrons. The SMILES string of the molecule is CCOc1ccccc1CN1CCC2(CCN(C(=O)c3ccccc3F)CC2)Oc2ccccc21. The first-order valence-electron chi connectivity index (χ1n) is 12.4. The van der Waals surface area contributed by atoms with Gasteiger partial charge in [0.25, 0.3) is 5.91 Å². The second-order valence-electron chi connectivity index (χ2n) is 9.24. The van der Waals surface area contributed by atoms with E-state index in [1.54, 1.807) is 23.1 Å². The quantitative estimate of drug-likeness (QED) is 0.477. The summed E-state index contributed by atoms with van der Waals surface area (Å²) < 4.78 is 26.7. The van der Waals surface area contributed by atoms with E-state index in [-0.39, 0.29) is 17.1 Å². The molecule has 0 aromatic heterocycles. The third kappa shape index (κ3) is 4.83. The summed E-state index contributed by atoms with van der Waals surface area (Å²) in [6.07, 6.45) is 2.27. The number of carbonyl (C=O) groups excluding carboxylic acids is 1. The maximum absolute atomic E-state index is 14.2. The molecule has 6 heteroatoms. The lowest BCUT2D eigenvalue weighted by Gasteiger charge is -2.41. The molecule has 3 aromatic carbocycles. The molecule has 3 aromatic rings. The van der Waals surface area contributed by atoms with Gasteiger partial charge in [0.1, 0.15) is 22.9 Å². The molecule has 5 nitrogen and oxygen atoms in total. The van der Waals surface area contributed by atoms with Gasteiger partial charge in [-0.15, -0.1) is 0 Å². The monoisotopic (exact) mass is 474 g/mol. The summed E-state index contributed by atoms with van der Waals surface area (Å²) in [6.45, 7) is 5.27. The molecule has 2 aliphatic heterocycles. The van der Waals surface area contributed by atoms with E-state index >= 15 is 0 Å². The van der Waals surface area contributed by atoms with Crippen molar-refractivity contribution >= 4 is 11.6 Å². The van der Waals surface area contributed by atoms with Crippen molar-refractivity contribution in [1.82, 2.24) is 4.90 Å². The Kier molecular flexibility index (Phi) is 6.62. The van der Waals surface area contributed by atoms with Gasteiger partial charge in [0, 0.05) is 51.0 Å². The van der Waals surface area contributed by atoms with Crippen LogP contribution in [0.3, 0.4) is 0 Å². The second-order valence-corrected chi connectivity index (χ2v) is 9.24. The molecule has 1 amide bonds. The number of hydrogen-bond donors (Lipinski definition) is 0. The van der Waals surface area contributed by atoms with Gasteiger partial charge in [-0.1, -0.05) is 42.5 Å². The number of anilines is 1. The highest BCUT2D eigenvalue weighted by Gasteiger charge is 2.41. The molecule has 0 aliphatic carbocycles. The predicted molar refractivity (Wildman–Crippen MR) is 135 cm³/mol. The van der Waals surface area contributed by atoms with Gasteiger partial charge in [0.15, 0.2) is 0 Å². The summed E-state index contributed by atoms with van der Waals surface area (Å²) in [4.78, 5) is 17.0. The Bertz CT molecular complexity index is 1190. The number of para-hydroxylation sites is 3. The van der Waals surface area contributed by atoms with Crippen LogP contribution in [0.5, 0.6) is 11.5 Å². The number of piperidine rings is 1. The largest absolute Gasteiger partial charge is 0.494 e. The molecule has 0 N–H and O–H groups in total. The molecule has 1 fully saturated rings. The fourth-order valence-electron chi connectivity index (χ4n) is 5.12. The Hall–Kier alpha value is -3.54. The highest BCUT2D eigenvalue weighted by molar-refractivity contribution is 5.94. The Morgan fingerprint density at radius 1 is 0.943 bits per heavy atom. The van der Waals surface area contributed by atoms with Crippen molar-refractivity contribution < 1.29 is 18.7 Å². The zero-order valence-electron chi connectivity index (χ0n) is 20.1. The number of benzene rings is 3. The fourth-order valence-corrected chi connectivity index (χ4v) is 5.12. The van der Waals surface area contributed by atoms with Crippen LogP contribution in [-0.4, -0.2) is 42.6 Å². The first kappa shape index (κ1) is 23.2. The second kappa shape index (κ2) is 9.98. The van der Waals surface area contributed by atoms with Gasteiger partial charge < -0.3 is 19.3 Å². The number of nitrogens with zero attached hydrogens (tertiary/aromatic N) is 2. The van der Waals surface area contributed by atoms with E-state index in [0.29, 0.717) is 32.5 Å². The summed E-state index contributed by atoms with van der Waals surface area (Å²) in [5, 5.41) is 0. The number of fused-ring (bicyclic) bond motifs is 1. The summed E-state index contributed by atoms with van der Waals surface area (Å²) in [6, 6.07) is 22.5. The molecule has 5 rings (SSSR count). The summed E-state index contributed by atoms with van der Waals surface area (Å²) >= 11 is 0. The molecular formula is C29H31FN2O3. The third-order valence-corrected chi connectivity index (χ3v) is 7.07. The molecule has 2 heterocycles. The van der Waals surface area contributed by atoms with Crippen LogP contribution in [0.2, 0.25) is 0 Å². The van der Waals surface area contributed by atoms with Crippen molar-refractivity contribution in [1.29, 1.82) is 0 Å². The average Bonchev–Trinajstić information content (AvgIpc) is 3.03. The Labute approximate surface area is 206 Å². The van der Waals surface area contributed by atoms with Gasteiger partial charge in [0.05, 0.1) is 17.9 Å². The first-order chi connectivity index (χ1) is 17.1. The minimum Gasteiger partial charge on any atom is -0.494 e. The molecule has 2 aliphatic rings. The van der Waals surface area contributed by atoms with Crippen LogP contribution in [0, 0.1) is 5.82 Å².